The van der Waals surface area contributed by atoms with Crippen molar-refractivity contribution in [2.45, 2.75) is 18.8 Å². The van der Waals surface area contributed by atoms with Crippen LogP contribution in [0, 0.1) is 0 Å². The van der Waals surface area contributed by atoms with Crippen LogP contribution in [0.4, 0.5) is 4.39 Å². The Labute approximate surface area is 82.1 Å². The van der Waals surface area contributed by atoms with Crippen molar-refractivity contribution in [3.8, 4) is 0 Å². The van der Waals surface area contributed by atoms with Crippen molar-refractivity contribution in [3.05, 3.63) is 18.2 Å². The number of nitrogens with one attached hydrogen (secondary N) is 1. The van der Waals surface area contributed by atoms with Crippen molar-refractivity contribution in [2.75, 3.05) is 20.3 Å². The third-order valence-corrected chi connectivity index (χ3v) is 2.52. The molecular weight excluding hydrogens is 185 g/mol. The molecule has 0 bridgehead atoms. The van der Waals surface area contributed by atoms with Gasteiger partial charge in [-0.2, -0.15) is 0 Å². The summed E-state index contributed by atoms with van der Waals surface area (Å²) < 4.78 is 18.3. The van der Waals surface area contributed by atoms with Crippen molar-refractivity contribution in [2.24, 2.45) is 0 Å². The molecule has 4 nitrogen and oxygen atoms in total. The molecule has 2 rings (SSSR count). The van der Waals surface area contributed by atoms with E-state index in [1.165, 1.54) is 0 Å². The van der Waals surface area contributed by atoms with Crippen molar-refractivity contribution in [3.63, 3.8) is 0 Å². The minimum atomic E-state index is -0.872. The van der Waals surface area contributed by atoms with Gasteiger partial charge in [0.1, 0.15) is 6.17 Å². The van der Waals surface area contributed by atoms with E-state index < -0.39 is 6.17 Å². The van der Waals surface area contributed by atoms with E-state index in [4.69, 9.17) is 4.74 Å². The molecule has 0 amide bonds. The van der Waals surface area contributed by atoms with Gasteiger partial charge in [-0.05, 0) is 7.05 Å². The molecule has 1 aromatic heterocycles. The highest BCUT2D eigenvalue weighted by molar-refractivity contribution is 4.95. The first-order chi connectivity index (χ1) is 6.77. The Morgan fingerprint density at radius 3 is 3.14 bits per heavy atom. The molecule has 0 saturated carbocycles. The topological polar surface area (TPSA) is 41.2 Å². The summed E-state index contributed by atoms with van der Waals surface area (Å²) in [5.74, 6) is 0. The molecule has 1 N–H and O–H groups in total. The summed E-state index contributed by atoms with van der Waals surface area (Å²) in [4.78, 5) is 8.85. The smallest absolute Gasteiger partial charge is 0.141 e. The summed E-state index contributed by atoms with van der Waals surface area (Å²) in [7, 11) is 1.90. The molecule has 5 heteroatoms. The summed E-state index contributed by atoms with van der Waals surface area (Å²) in [5, 5.41) is 0. The van der Waals surface area contributed by atoms with Crippen molar-refractivity contribution in [1.82, 2.24) is 14.9 Å². The van der Waals surface area contributed by atoms with E-state index in [0.717, 1.165) is 5.69 Å². The first-order valence-electron chi connectivity index (χ1n) is 4.66. The zero-order chi connectivity index (χ0) is 9.97. The molecule has 1 fully saturated rings. The maximum Gasteiger partial charge on any atom is 0.141 e. The van der Waals surface area contributed by atoms with Gasteiger partial charge in [0.25, 0.3) is 0 Å². The highest BCUT2D eigenvalue weighted by Crippen LogP contribution is 2.16. The number of H-pyrrole nitrogens is 1. The molecule has 1 aliphatic heterocycles. The molecule has 1 aromatic rings. The number of ether oxygens (including phenoxy) is 1. The predicted molar refractivity (Wildman–Crippen MR) is 49.6 cm³/mol. The lowest BCUT2D eigenvalue weighted by Crippen LogP contribution is -2.38. The van der Waals surface area contributed by atoms with E-state index >= 15 is 0 Å². The first kappa shape index (κ1) is 9.61. The zero-order valence-electron chi connectivity index (χ0n) is 8.11. The van der Waals surface area contributed by atoms with Crippen LogP contribution in [0.25, 0.3) is 0 Å². The average molecular weight is 199 g/mol. The third-order valence-electron chi connectivity index (χ3n) is 2.52. The largest absolute Gasteiger partial charge is 0.377 e. The number of hydrogen-bond donors (Lipinski definition) is 1. The van der Waals surface area contributed by atoms with E-state index in [1.54, 1.807) is 12.5 Å². The van der Waals surface area contributed by atoms with Crippen molar-refractivity contribution < 1.29 is 9.13 Å². The van der Waals surface area contributed by atoms with Gasteiger partial charge in [0, 0.05) is 18.4 Å². The number of rotatable bonds is 3. The van der Waals surface area contributed by atoms with Crippen LogP contribution < -0.4 is 0 Å². The first-order valence-corrected chi connectivity index (χ1v) is 4.66. The fourth-order valence-electron chi connectivity index (χ4n) is 1.68. The van der Waals surface area contributed by atoms with Crippen LogP contribution in [0.15, 0.2) is 12.5 Å². The number of imidazole rings is 1. The third kappa shape index (κ3) is 1.93. The van der Waals surface area contributed by atoms with Gasteiger partial charge in [-0.1, -0.05) is 0 Å². The lowest BCUT2D eigenvalue weighted by Gasteiger charge is -2.23. The maximum absolute atomic E-state index is 13.3. The molecule has 0 spiro atoms. The Bertz CT molecular complexity index is 278. The lowest BCUT2D eigenvalue weighted by molar-refractivity contribution is 0.153. The molecule has 14 heavy (non-hydrogen) atoms. The van der Waals surface area contributed by atoms with E-state index in [9.17, 15) is 4.39 Å². The molecule has 0 radical (unpaired) electrons. The fourth-order valence-corrected chi connectivity index (χ4v) is 1.68. The summed E-state index contributed by atoms with van der Waals surface area (Å²) in [6, 6.07) is -0.127. The Balaban J connectivity index is 1.92. The number of hydrogen-bond acceptors (Lipinski definition) is 3. The minimum Gasteiger partial charge on any atom is -0.377 e. The second-order valence-corrected chi connectivity index (χ2v) is 3.61. The molecular formula is C9H14FN3O. The number of alkyl halides is 1. The van der Waals surface area contributed by atoms with Gasteiger partial charge in [0.05, 0.1) is 25.6 Å². The number of halogens is 1. The second kappa shape index (κ2) is 4.06. The standard InChI is InChI=1S/C9H14FN3O/c1-13(3-7-2-11-6-12-7)9-5-14-4-8(9)10/h2,6,8-9H,3-5H2,1H3,(H,11,12)/t8-,9-/m1/s1. The van der Waals surface area contributed by atoms with E-state index in [0.29, 0.717) is 13.2 Å². The number of nitrogens with zero attached hydrogens (tertiary/aromatic N) is 2. The van der Waals surface area contributed by atoms with Gasteiger partial charge in [-0.3, -0.25) is 4.90 Å². The van der Waals surface area contributed by atoms with Crippen molar-refractivity contribution >= 4 is 0 Å². The van der Waals surface area contributed by atoms with Gasteiger partial charge in [0.2, 0.25) is 0 Å². The van der Waals surface area contributed by atoms with Crippen LogP contribution in [-0.4, -0.2) is 47.3 Å². The van der Waals surface area contributed by atoms with Crippen LogP contribution in [0.1, 0.15) is 5.69 Å². The molecule has 0 unspecified atom stereocenters. The molecule has 78 valence electrons. The Hall–Kier alpha value is -0.940. The SMILES string of the molecule is CN(Cc1cnc[nH]1)[C@@H]1COC[C@H]1F. The Morgan fingerprint density at radius 1 is 1.71 bits per heavy atom. The molecule has 2 heterocycles. The van der Waals surface area contributed by atoms with Gasteiger partial charge in [0.15, 0.2) is 0 Å². The number of likely N-dealkylation sites (N-methyl/N-ethyl adjacent to an activating group) is 1. The monoisotopic (exact) mass is 199 g/mol. The van der Waals surface area contributed by atoms with Crippen LogP contribution >= 0.6 is 0 Å². The molecule has 1 aliphatic rings. The summed E-state index contributed by atoms with van der Waals surface area (Å²) in [6.45, 7) is 1.37. The zero-order valence-corrected chi connectivity index (χ0v) is 8.11. The normalized spacial score (nSPS) is 27.4. The second-order valence-electron chi connectivity index (χ2n) is 3.61. The maximum atomic E-state index is 13.3. The van der Waals surface area contributed by atoms with E-state index in [1.807, 2.05) is 11.9 Å². The summed E-state index contributed by atoms with van der Waals surface area (Å²) in [5.41, 5.74) is 0.992. The highest BCUT2D eigenvalue weighted by atomic mass is 19.1. The van der Waals surface area contributed by atoms with Crippen LogP contribution in [0.5, 0.6) is 0 Å². The molecule has 2 atom stereocenters. The quantitative estimate of drug-likeness (QED) is 0.774. The molecule has 1 saturated heterocycles. The van der Waals surface area contributed by atoms with Gasteiger partial charge < -0.3 is 9.72 Å². The van der Waals surface area contributed by atoms with Crippen LogP contribution in [-0.2, 0) is 11.3 Å². The Kier molecular flexibility index (Phi) is 2.79. The summed E-state index contributed by atoms with van der Waals surface area (Å²) in [6.07, 6.45) is 2.50. The summed E-state index contributed by atoms with van der Waals surface area (Å²) >= 11 is 0. The average Bonchev–Trinajstić information content (AvgIpc) is 2.75. The van der Waals surface area contributed by atoms with Crippen LogP contribution in [0.2, 0.25) is 0 Å². The van der Waals surface area contributed by atoms with Gasteiger partial charge >= 0.3 is 0 Å². The molecule has 0 aliphatic carbocycles. The molecule has 0 aromatic carbocycles. The Morgan fingerprint density at radius 2 is 2.57 bits per heavy atom. The number of aromatic nitrogens is 2. The predicted octanol–water partition coefficient (Wildman–Crippen LogP) is 0.578. The van der Waals surface area contributed by atoms with Gasteiger partial charge in [-0.15, -0.1) is 0 Å². The lowest BCUT2D eigenvalue weighted by atomic mass is 10.2. The van der Waals surface area contributed by atoms with E-state index in [-0.39, 0.29) is 12.6 Å². The van der Waals surface area contributed by atoms with Crippen molar-refractivity contribution in [1.29, 1.82) is 0 Å². The minimum absolute atomic E-state index is 0.127. The highest BCUT2D eigenvalue weighted by Gasteiger charge is 2.31. The number of aromatic amines is 1. The fraction of sp³-hybridized carbons (Fsp3) is 0.667. The van der Waals surface area contributed by atoms with Gasteiger partial charge in [-0.25, -0.2) is 9.37 Å². The van der Waals surface area contributed by atoms with Crippen LogP contribution in [0.3, 0.4) is 0 Å². The van der Waals surface area contributed by atoms with E-state index in [2.05, 4.69) is 9.97 Å².